The van der Waals surface area contributed by atoms with E-state index in [9.17, 15) is 4.79 Å². The Hall–Kier alpha value is -1.37. The molecule has 1 N–H and O–H groups in total. The fourth-order valence-electron chi connectivity index (χ4n) is 6.20. The number of nitrogens with one attached hydrogen (secondary N) is 1. The maximum Gasteiger partial charge on any atom is 0.256 e. The average Bonchev–Trinajstić information content (AvgIpc) is 3.47. The SMILES string of the molecule is Cl.Cl.O=C(c1cnc2c(c1)ncn2C1CCCC1)N1[C@@H]2CC[C@H]1[C@H]1CNC[C@H]12. The lowest BCUT2D eigenvalue weighted by Gasteiger charge is -2.24. The Balaban J connectivity index is 0.000000961. The molecule has 0 spiro atoms. The average molecular weight is 424 g/mol. The van der Waals surface area contributed by atoms with Crippen molar-refractivity contribution in [3.63, 3.8) is 0 Å². The number of aromatic nitrogens is 3. The zero-order chi connectivity index (χ0) is 17.3. The smallest absolute Gasteiger partial charge is 0.256 e. The molecule has 0 unspecified atom stereocenters. The van der Waals surface area contributed by atoms with Crippen molar-refractivity contribution in [1.29, 1.82) is 0 Å². The molecule has 4 aliphatic rings. The lowest BCUT2D eigenvalue weighted by molar-refractivity contribution is 0.0709. The number of pyridine rings is 1. The number of nitrogens with zero attached hydrogens (tertiary/aromatic N) is 4. The van der Waals surface area contributed by atoms with E-state index in [1.165, 1.54) is 25.7 Å². The molecule has 152 valence electrons. The molecule has 8 heteroatoms. The molecule has 6 nitrogen and oxygen atoms in total. The highest BCUT2D eigenvalue weighted by molar-refractivity contribution is 5.97. The van der Waals surface area contributed by atoms with Crippen molar-refractivity contribution in [1.82, 2.24) is 24.8 Å². The molecule has 5 heterocycles. The second-order valence-electron chi connectivity index (χ2n) is 8.57. The number of amides is 1. The van der Waals surface area contributed by atoms with Crippen LogP contribution in [-0.2, 0) is 0 Å². The molecule has 1 saturated carbocycles. The summed E-state index contributed by atoms with van der Waals surface area (Å²) in [5.74, 6) is 1.46. The summed E-state index contributed by atoms with van der Waals surface area (Å²) in [4.78, 5) is 24.7. The summed E-state index contributed by atoms with van der Waals surface area (Å²) in [6, 6.07) is 3.32. The highest BCUT2D eigenvalue weighted by Crippen LogP contribution is 2.47. The van der Waals surface area contributed by atoms with Gasteiger partial charge < -0.3 is 14.8 Å². The third-order valence-corrected chi connectivity index (χ3v) is 7.38. The standard InChI is InChI=1S/C20H25N5O.2ClH/c26-20(25-17-5-6-18(25)15-10-21-9-14(15)17)12-7-16-19(22-8-12)24(11-23-16)13-3-1-2-4-13;;/h7-8,11,13-15,17-18,21H,1-6,9-10H2;2*1H/t14-,15+,17-,18+;;. The molecule has 3 saturated heterocycles. The predicted molar refractivity (Wildman–Crippen MR) is 112 cm³/mol. The normalized spacial score (nSPS) is 31.1. The van der Waals surface area contributed by atoms with E-state index < -0.39 is 0 Å². The summed E-state index contributed by atoms with van der Waals surface area (Å²) in [6.07, 6.45) is 11.0. The van der Waals surface area contributed by atoms with Crippen LogP contribution in [0.1, 0.15) is 54.9 Å². The minimum Gasteiger partial charge on any atom is -0.332 e. The first kappa shape index (κ1) is 19.9. The Morgan fingerprint density at radius 2 is 1.68 bits per heavy atom. The highest BCUT2D eigenvalue weighted by Gasteiger charge is 2.56. The molecule has 6 rings (SSSR count). The van der Waals surface area contributed by atoms with Gasteiger partial charge in [0.15, 0.2) is 5.65 Å². The van der Waals surface area contributed by atoms with Gasteiger partial charge in [0.05, 0.1) is 11.9 Å². The molecule has 4 atom stereocenters. The lowest BCUT2D eigenvalue weighted by atomic mass is 9.82. The van der Waals surface area contributed by atoms with E-state index in [2.05, 4.69) is 24.8 Å². The van der Waals surface area contributed by atoms with E-state index >= 15 is 0 Å². The Bertz CT molecular complexity index is 863. The molecule has 1 amide bonds. The zero-order valence-corrected chi connectivity index (χ0v) is 17.4. The van der Waals surface area contributed by atoms with Crippen LogP contribution < -0.4 is 5.32 Å². The summed E-state index contributed by atoms with van der Waals surface area (Å²) >= 11 is 0. The Labute approximate surface area is 177 Å². The summed E-state index contributed by atoms with van der Waals surface area (Å²) in [6.45, 7) is 2.14. The lowest BCUT2D eigenvalue weighted by Crippen LogP contribution is -2.39. The third-order valence-electron chi connectivity index (χ3n) is 7.38. The van der Waals surface area contributed by atoms with Crippen LogP contribution in [0.2, 0.25) is 0 Å². The van der Waals surface area contributed by atoms with Gasteiger partial charge in [0.1, 0.15) is 5.52 Å². The van der Waals surface area contributed by atoms with E-state index in [1.54, 1.807) is 6.20 Å². The number of fused-ring (bicyclic) bond motifs is 6. The molecule has 1 aliphatic carbocycles. The van der Waals surface area contributed by atoms with Crippen molar-refractivity contribution in [2.45, 2.75) is 56.7 Å². The molecule has 2 aromatic heterocycles. The first-order valence-corrected chi connectivity index (χ1v) is 10.2. The fraction of sp³-hybridized carbons (Fsp3) is 0.650. The van der Waals surface area contributed by atoms with Crippen molar-refractivity contribution in [2.24, 2.45) is 11.8 Å². The van der Waals surface area contributed by atoms with Gasteiger partial charge in [0.25, 0.3) is 5.91 Å². The van der Waals surface area contributed by atoms with Crippen LogP contribution in [0.4, 0.5) is 0 Å². The van der Waals surface area contributed by atoms with E-state index in [1.807, 2.05) is 12.4 Å². The van der Waals surface area contributed by atoms with Crippen LogP contribution >= 0.6 is 24.8 Å². The van der Waals surface area contributed by atoms with Crippen molar-refractivity contribution in [3.8, 4) is 0 Å². The molecule has 0 aromatic carbocycles. The van der Waals surface area contributed by atoms with Crippen LogP contribution in [-0.4, -0.2) is 50.5 Å². The third kappa shape index (κ3) is 2.76. The first-order valence-electron chi connectivity index (χ1n) is 10.2. The number of hydrogen-bond acceptors (Lipinski definition) is 4. The number of imidazole rings is 1. The number of halogens is 2. The van der Waals surface area contributed by atoms with Gasteiger partial charge in [-0.25, -0.2) is 9.97 Å². The monoisotopic (exact) mass is 423 g/mol. The zero-order valence-electron chi connectivity index (χ0n) is 15.8. The van der Waals surface area contributed by atoms with Gasteiger partial charge in [-0.1, -0.05) is 12.8 Å². The number of hydrogen-bond donors (Lipinski definition) is 1. The van der Waals surface area contributed by atoms with E-state index in [0.717, 1.165) is 37.1 Å². The summed E-state index contributed by atoms with van der Waals surface area (Å²) in [5.41, 5.74) is 2.49. The molecular weight excluding hydrogens is 397 g/mol. The van der Waals surface area contributed by atoms with Gasteiger partial charge in [-0.2, -0.15) is 0 Å². The van der Waals surface area contributed by atoms with Crippen LogP contribution in [0.15, 0.2) is 18.6 Å². The molecule has 4 fully saturated rings. The van der Waals surface area contributed by atoms with Crippen LogP contribution in [0, 0.1) is 11.8 Å². The first-order chi connectivity index (χ1) is 12.8. The Morgan fingerprint density at radius 1 is 1.00 bits per heavy atom. The summed E-state index contributed by atoms with van der Waals surface area (Å²) in [5, 5.41) is 3.51. The molecular formula is C20H27Cl2N5O. The summed E-state index contributed by atoms with van der Waals surface area (Å²) < 4.78 is 2.21. The Morgan fingerprint density at radius 3 is 2.36 bits per heavy atom. The second-order valence-corrected chi connectivity index (χ2v) is 8.57. The van der Waals surface area contributed by atoms with Gasteiger partial charge in [-0.05, 0) is 43.6 Å². The highest BCUT2D eigenvalue weighted by atomic mass is 35.5. The molecule has 2 aromatic rings. The molecule has 0 radical (unpaired) electrons. The molecule has 2 bridgehead atoms. The van der Waals surface area contributed by atoms with Crippen molar-refractivity contribution in [2.75, 3.05) is 13.1 Å². The van der Waals surface area contributed by atoms with Crippen molar-refractivity contribution < 1.29 is 4.79 Å². The van der Waals surface area contributed by atoms with Crippen LogP contribution in [0.25, 0.3) is 11.2 Å². The molecule has 28 heavy (non-hydrogen) atoms. The van der Waals surface area contributed by atoms with E-state index in [-0.39, 0.29) is 30.7 Å². The van der Waals surface area contributed by atoms with Crippen LogP contribution in [0.5, 0.6) is 0 Å². The molecule has 3 aliphatic heterocycles. The minimum atomic E-state index is 0. The van der Waals surface area contributed by atoms with Gasteiger partial charge in [0.2, 0.25) is 0 Å². The van der Waals surface area contributed by atoms with Crippen molar-refractivity contribution >= 4 is 41.9 Å². The minimum absolute atomic E-state index is 0. The van der Waals surface area contributed by atoms with Crippen molar-refractivity contribution in [3.05, 3.63) is 24.2 Å². The van der Waals surface area contributed by atoms with Gasteiger partial charge >= 0.3 is 0 Å². The quantitative estimate of drug-likeness (QED) is 0.804. The van der Waals surface area contributed by atoms with Crippen LogP contribution in [0.3, 0.4) is 0 Å². The van der Waals surface area contributed by atoms with E-state index in [0.29, 0.717) is 35.5 Å². The second kappa shape index (κ2) is 7.47. The predicted octanol–water partition coefficient (Wildman–Crippen LogP) is 3.21. The number of rotatable bonds is 2. The topological polar surface area (TPSA) is 63.1 Å². The largest absolute Gasteiger partial charge is 0.332 e. The maximum atomic E-state index is 13.3. The van der Waals surface area contributed by atoms with Gasteiger partial charge in [0, 0.05) is 37.4 Å². The maximum absolute atomic E-state index is 13.3. The fourth-order valence-corrected chi connectivity index (χ4v) is 6.20. The Kier molecular flexibility index (Phi) is 5.31. The van der Waals surface area contributed by atoms with E-state index in [4.69, 9.17) is 0 Å². The van der Waals surface area contributed by atoms with Gasteiger partial charge in [-0.3, -0.25) is 4.79 Å². The number of carbonyl (C=O) groups is 1. The van der Waals surface area contributed by atoms with Gasteiger partial charge in [-0.15, -0.1) is 24.8 Å². The number of carbonyl (C=O) groups excluding carboxylic acids is 1. The summed E-state index contributed by atoms with van der Waals surface area (Å²) in [7, 11) is 0.